The smallest absolute Gasteiger partial charge is 0.445 e. The summed E-state index contributed by atoms with van der Waals surface area (Å²) >= 11 is 0. The van der Waals surface area contributed by atoms with Gasteiger partial charge in [-0.3, -0.25) is 0 Å². The molecule has 0 saturated heterocycles. The molecule has 0 aliphatic rings. The second-order valence-corrected chi connectivity index (χ2v) is 2.52. The molecule has 0 saturated carbocycles. The summed E-state index contributed by atoms with van der Waals surface area (Å²) in [7, 11) is 0. The number of nitrogens with zero attached hydrogens (tertiary/aromatic N) is 1. The highest BCUT2D eigenvalue weighted by atomic mass is 19.4. The van der Waals surface area contributed by atoms with E-state index in [9.17, 15) is 26.1 Å². The van der Waals surface area contributed by atoms with Crippen LogP contribution in [-0.2, 0) is 0 Å². The van der Waals surface area contributed by atoms with Crippen molar-refractivity contribution in [3.05, 3.63) is 23.8 Å². The molecule has 0 radical (unpaired) electrons. The number of halogens is 6. The van der Waals surface area contributed by atoms with Crippen molar-refractivity contribution in [2.24, 2.45) is 0 Å². The second kappa shape index (κ2) is 3.51. The molecule has 0 spiro atoms. The number of rotatable bonds is 2. The van der Waals surface area contributed by atoms with Crippen LogP contribution in [0.2, 0.25) is 0 Å². The summed E-state index contributed by atoms with van der Waals surface area (Å²) in [6.45, 7) is -5.43. The monoisotopic (exact) mass is 214 g/mol. The lowest BCUT2D eigenvalue weighted by Gasteiger charge is -2.15. The number of aromatic nitrogens is 1. The van der Waals surface area contributed by atoms with E-state index in [1.165, 1.54) is 0 Å². The van der Waals surface area contributed by atoms with Gasteiger partial charge in [-0.2, -0.15) is 4.39 Å². The third-order valence-corrected chi connectivity index (χ3v) is 1.50. The van der Waals surface area contributed by atoms with Crippen LogP contribution in [0.25, 0.3) is 0 Å². The summed E-state index contributed by atoms with van der Waals surface area (Å²) in [6, 6.07) is 0.0764. The Labute approximate surface area is 74.8 Å². The fourth-order valence-corrected chi connectivity index (χ4v) is 0.814. The molecule has 0 fully saturated rings. The third kappa shape index (κ3) is 2.18. The molecule has 8 heteroatoms. The highest BCUT2D eigenvalue weighted by Crippen LogP contribution is 2.20. The van der Waals surface area contributed by atoms with Crippen LogP contribution in [0.5, 0.6) is 0 Å². The van der Waals surface area contributed by atoms with E-state index in [1.807, 2.05) is 0 Å². The Bertz CT molecular complexity index is 336. The Kier molecular flexibility index (Phi) is 2.72. The van der Waals surface area contributed by atoms with Crippen molar-refractivity contribution in [1.29, 1.82) is 0 Å². The number of hydrogen-bond donors (Lipinski definition) is 0. The molecule has 0 atom stereocenters. The van der Waals surface area contributed by atoms with E-state index in [1.54, 1.807) is 0 Å². The maximum absolute atomic E-state index is 12.5. The summed E-state index contributed by atoms with van der Waals surface area (Å²) in [5, 5.41) is 0. The van der Waals surface area contributed by atoms with E-state index < -0.39 is 30.4 Å². The molecule has 1 aromatic heterocycles. The molecule has 0 unspecified atom stereocenters. The van der Waals surface area contributed by atoms with Crippen LogP contribution in [-0.4, -0.2) is 12.0 Å². The standard InChI is InChI=1S/C6H3BF6N/c8-5(9)4-1-3(7(11,12)13)2-14-6(4)10/h1-2,5H/q-1. The van der Waals surface area contributed by atoms with Crippen LogP contribution in [0.1, 0.15) is 12.0 Å². The maximum Gasteiger partial charge on any atom is 0.511 e. The zero-order valence-electron chi connectivity index (χ0n) is 6.52. The third-order valence-electron chi connectivity index (χ3n) is 1.50. The molecular weight excluding hydrogens is 211 g/mol. The SMILES string of the molecule is Fc1ncc([B-](F)(F)F)cc1C(F)F. The first-order valence-corrected chi connectivity index (χ1v) is 3.46. The van der Waals surface area contributed by atoms with Gasteiger partial charge in [-0.25, -0.2) is 13.8 Å². The summed E-state index contributed by atoms with van der Waals surface area (Å²) in [5.74, 6) is -1.58. The van der Waals surface area contributed by atoms with Gasteiger partial charge in [-0.15, -0.1) is 0 Å². The molecule has 0 aromatic carbocycles. The Balaban J connectivity index is 3.20. The summed E-state index contributed by atoms with van der Waals surface area (Å²) in [6.07, 6.45) is -3.11. The number of pyridine rings is 1. The van der Waals surface area contributed by atoms with Gasteiger partial charge in [0, 0.05) is 6.20 Å². The van der Waals surface area contributed by atoms with Crippen LogP contribution in [0, 0.1) is 5.95 Å². The molecule has 14 heavy (non-hydrogen) atoms. The van der Waals surface area contributed by atoms with Crippen molar-refractivity contribution in [3.8, 4) is 0 Å². The van der Waals surface area contributed by atoms with Crippen LogP contribution in [0.3, 0.4) is 0 Å². The first-order valence-electron chi connectivity index (χ1n) is 3.46. The predicted octanol–water partition coefficient (Wildman–Crippen LogP) is 2.21. The first-order chi connectivity index (χ1) is 6.32. The fraction of sp³-hybridized carbons (Fsp3) is 0.167. The van der Waals surface area contributed by atoms with Crippen molar-refractivity contribution in [2.75, 3.05) is 0 Å². The van der Waals surface area contributed by atoms with E-state index in [0.29, 0.717) is 0 Å². The van der Waals surface area contributed by atoms with Crippen LogP contribution >= 0.6 is 0 Å². The van der Waals surface area contributed by atoms with Crippen LogP contribution in [0.4, 0.5) is 26.1 Å². The first kappa shape index (κ1) is 10.9. The van der Waals surface area contributed by atoms with E-state index in [-0.39, 0.29) is 12.3 Å². The van der Waals surface area contributed by atoms with Crippen molar-refractivity contribution in [2.45, 2.75) is 6.43 Å². The number of hydrogen-bond acceptors (Lipinski definition) is 1. The second-order valence-electron chi connectivity index (χ2n) is 2.52. The maximum atomic E-state index is 12.5. The van der Waals surface area contributed by atoms with Crippen molar-refractivity contribution in [1.82, 2.24) is 4.98 Å². The van der Waals surface area contributed by atoms with Gasteiger partial charge in [-0.05, 0) is 0 Å². The molecule has 1 heterocycles. The normalized spacial score (nSPS) is 12.2. The lowest BCUT2D eigenvalue weighted by atomic mass is 9.81. The minimum Gasteiger partial charge on any atom is -0.445 e. The number of alkyl halides is 2. The Hall–Kier alpha value is -1.21. The Morgan fingerprint density at radius 1 is 1.21 bits per heavy atom. The van der Waals surface area contributed by atoms with Crippen molar-refractivity contribution >= 4 is 12.4 Å². The molecule has 0 aliphatic carbocycles. The minimum absolute atomic E-state index is 0.0764. The molecule has 0 aliphatic heterocycles. The highest BCUT2D eigenvalue weighted by molar-refractivity contribution is 6.73. The molecule has 78 valence electrons. The van der Waals surface area contributed by atoms with Crippen LogP contribution in [0.15, 0.2) is 12.3 Å². The van der Waals surface area contributed by atoms with Gasteiger partial charge in [0.2, 0.25) is 5.95 Å². The molecule has 1 nitrogen and oxygen atoms in total. The van der Waals surface area contributed by atoms with Gasteiger partial charge in [0.25, 0.3) is 6.43 Å². The Morgan fingerprint density at radius 2 is 1.79 bits per heavy atom. The summed E-state index contributed by atoms with van der Waals surface area (Å²) in [4.78, 5) is 2.62. The van der Waals surface area contributed by atoms with Crippen LogP contribution < -0.4 is 5.46 Å². The van der Waals surface area contributed by atoms with E-state index in [4.69, 9.17) is 0 Å². The average Bonchev–Trinajstić information content (AvgIpc) is 2.02. The quantitative estimate of drug-likeness (QED) is 0.417. The molecule has 0 N–H and O–H groups in total. The topological polar surface area (TPSA) is 12.9 Å². The molecule has 1 aromatic rings. The Morgan fingerprint density at radius 3 is 2.21 bits per heavy atom. The molecule has 0 amide bonds. The average molecular weight is 214 g/mol. The lowest BCUT2D eigenvalue weighted by molar-refractivity contribution is 0.145. The lowest BCUT2D eigenvalue weighted by Crippen LogP contribution is -2.35. The minimum atomic E-state index is -5.43. The fourth-order valence-electron chi connectivity index (χ4n) is 0.814. The van der Waals surface area contributed by atoms with E-state index in [2.05, 4.69) is 4.98 Å². The zero-order chi connectivity index (χ0) is 10.9. The van der Waals surface area contributed by atoms with Gasteiger partial charge >= 0.3 is 6.98 Å². The largest absolute Gasteiger partial charge is 0.511 e. The molecule has 1 rings (SSSR count). The van der Waals surface area contributed by atoms with Gasteiger partial charge < -0.3 is 12.9 Å². The summed E-state index contributed by atoms with van der Waals surface area (Å²) in [5.41, 5.74) is -2.66. The highest BCUT2D eigenvalue weighted by Gasteiger charge is 2.28. The van der Waals surface area contributed by atoms with Gasteiger partial charge in [0.1, 0.15) is 0 Å². The van der Waals surface area contributed by atoms with Gasteiger partial charge in [-0.1, -0.05) is 11.5 Å². The zero-order valence-corrected chi connectivity index (χ0v) is 6.52. The van der Waals surface area contributed by atoms with E-state index >= 15 is 0 Å². The predicted molar refractivity (Wildman–Crippen MR) is 37.9 cm³/mol. The summed E-state index contributed by atoms with van der Waals surface area (Å²) < 4.78 is 72.4. The van der Waals surface area contributed by atoms with Gasteiger partial charge in [0.15, 0.2) is 0 Å². The van der Waals surface area contributed by atoms with E-state index in [0.717, 1.165) is 0 Å². The van der Waals surface area contributed by atoms with Crippen molar-refractivity contribution < 1.29 is 26.1 Å². The molecular formula is C6H3BF6N-. The van der Waals surface area contributed by atoms with Gasteiger partial charge in [0.05, 0.1) is 5.56 Å². The molecule has 0 bridgehead atoms. The van der Waals surface area contributed by atoms with Crippen molar-refractivity contribution in [3.63, 3.8) is 0 Å².